The molecule has 0 atom stereocenters. The van der Waals surface area contributed by atoms with Crippen molar-refractivity contribution in [3.63, 3.8) is 0 Å². The molecule has 110 valence electrons. The van der Waals surface area contributed by atoms with Gasteiger partial charge in [0.05, 0.1) is 14.2 Å². The number of ether oxygens (including phenoxy) is 2. The summed E-state index contributed by atoms with van der Waals surface area (Å²) in [6.45, 7) is 0. The van der Waals surface area contributed by atoms with Crippen LogP contribution in [0.1, 0.15) is 15.9 Å². The van der Waals surface area contributed by atoms with E-state index in [4.69, 9.17) is 9.47 Å². The zero-order valence-electron chi connectivity index (χ0n) is 11.9. The van der Waals surface area contributed by atoms with E-state index in [9.17, 15) is 4.79 Å². The lowest BCUT2D eigenvalue weighted by atomic mass is 10.1. The van der Waals surface area contributed by atoms with Gasteiger partial charge in [0.15, 0.2) is 0 Å². The monoisotopic (exact) mass is 349 g/mol. The van der Waals surface area contributed by atoms with E-state index in [0.29, 0.717) is 17.1 Å². The van der Waals surface area contributed by atoms with Crippen molar-refractivity contribution in [3.8, 4) is 11.5 Å². The number of amides is 1. The molecule has 0 unspecified atom stereocenters. The Balaban J connectivity index is 2.23. The van der Waals surface area contributed by atoms with Crippen molar-refractivity contribution in [2.24, 2.45) is 0 Å². The second-order valence-electron chi connectivity index (χ2n) is 4.39. The van der Waals surface area contributed by atoms with Crippen LogP contribution in [0.2, 0.25) is 0 Å². The maximum absolute atomic E-state index is 12.3. The van der Waals surface area contributed by atoms with Gasteiger partial charge >= 0.3 is 0 Å². The Kier molecular flexibility index (Phi) is 5.22. The number of anilines is 1. The molecule has 0 aliphatic rings. The molecule has 5 heteroatoms. The molecule has 1 N–H and O–H groups in total. The van der Waals surface area contributed by atoms with Gasteiger partial charge in [0, 0.05) is 22.6 Å². The van der Waals surface area contributed by atoms with Crippen LogP contribution in [0.4, 0.5) is 5.69 Å². The fourth-order valence-electron chi connectivity index (χ4n) is 1.87. The summed E-state index contributed by atoms with van der Waals surface area (Å²) in [7, 11) is 3.10. The van der Waals surface area contributed by atoms with E-state index < -0.39 is 0 Å². The summed E-state index contributed by atoms with van der Waals surface area (Å²) in [6.07, 6.45) is 0. The first-order valence-electron chi connectivity index (χ1n) is 6.35. The van der Waals surface area contributed by atoms with Crippen molar-refractivity contribution in [2.75, 3.05) is 19.5 Å². The number of benzene rings is 2. The number of alkyl halides is 1. The van der Waals surface area contributed by atoms with Crippen LogP contribution in [0.5, 0.6) is 11.5 Å². The molecule has 0 aliphatic carbocycles. The summed E-state index contributed by atoms with van der Waals surface area (Å²) < 4.78 is 10.3. The molecule has 0 saturated heterocycles. The van der Waals surface area contributed by atoms with E-state index in [2.05, 4.69) is 21.2 Å². The minimum Gasteiger partial charge on any atom is -0.497 e. The van der Waals surface area contributed by atoms with Crippen molar-refractivity contribution in [3.05, 3.63) is 53.6 Å². The van der Waals surface area contributed by atoms with Gasteiger partial charge in [0.25, 0.3) is 5.91 Å². The number of nitrogens with one attached hydrogen (secondary N) is 1. The van der Waals surface area contributed by atoms with E-state index in [1.807, 2.05) is 24.3 Å². The zero-order chi connectivity index (χ0) is 15.2. The van der Waals surface area contributed by atoms with Crippen LogP contribution >= 0.6 is 15.9 Å². The Morgan fingerprint density at radius 2 is 1.76 bits per heavy atom. The predicted molar refractivity (Wildman–Crippen MR) is 86.6 cm³/mol. The SMILES string of the molecule is COc1cc(OC)cc(C(=O)Nc2cccc(CBr)c2)c1. The average molecular weight is 350 g/mol. The van der Waals surface area contributed by atoms with Crippen LogP contribution in [0.3, 0.4) is 0 Å². The highest BCUT2D eigenvalue weighted by molar-refractivity contribution is 9.08. The third kappa shape index (κ3) is 3.98. The summed E-state index contributed by atoms with van der Waals surface area (Å²) >= 11 is 3.39. The number of methoxy groups -OCH3 is 2. The number of hydrogen-bond acceptors (Lipinski definition) is 3. The molecule has 1 amide bonds. The van der Waals surface area contributed by atoms with E-state index >= 15 is 0 Å². The predicted octanol–water partition coefficient (Wildman–Crippen LogP) is 3.85. The van der Waals surface area contributed by atoms with Crippen LogP contribution in [0.15, 0.2) is 42.5 Å². The average Bonchev–Trinajstić information content (AvgIpc) is 2.54. The number of carbonyl (C=O) groups is 1. The van der Waals surface area contributed by atoms with Gasteiger partial charge in [0.1, 0.15) is 11.5 Å². The maximum atomic E-state index is 12.3. The van der Waals surface area contributed by atoms with Gasteiger partial charge in [-0.15, -0.1) is 0 Å². The minimum atomic E-state index is -0.209. The second kappa shape index (κ2) is 7.13. The molecule has 4 nitrogen and oxygen atoms in total. The number of halogens is 1. The quantitative estimate of drug-likeness (QED) is 0.834. The van der Waals surface area contributed by atoms with Gasteiger partial charge in [-0.3, -0.25) is 4.79 Å². The highest BCUT2D eigenvalue weighted by Gasteiger charge is 2.10. The first kappa shape index (κ1) is 15.4. The molecule has 2 aromatic carbocycles. The van der Waals surface area contributed by atoms with Crippen LogP contribution < -0.4 is 14.8 Å². The highest BCUT2D eigenvalue weighted by Crippen LogP contribution is 2.23. The van der Waals surface area contributed by atoms with Crippen molar-refractivity contribution >= 4 is 27.5 Å². The molecule has 0 bridgehead atoms. The van der Waals surface area contributed by atoms with E-state index in [1.54, 1.807) is 32.4 Å². The van der Waals surface area contributed by atoms with Crippen LogP contribution in [-0.2, 0) is 5.33 Å². The first-order chi connectivity index (χ1) is 10.2. The Morgan fingerprint density at radius 3 is 2.33 bits per heavy atom. The Bertz CT molecular complexity index is 621. The van der Waals surface area contributed by atoms with Crippen molar-refractivity contribution in [1.82, 2.24) is 0 Å². The maximum Gasteiger partial charge on any atom is 0.255 e. The zero-order valence-corrected chi connectivity index (χ0v) is 13.4. The molecular weight excluding hydrogens is 334 g/mol. The fraction of sp³-hybridized carbons (Fsp3) is 0.188. The van der Waals surface area contributed by atoms with Gasteiger partial charge < -0.3 is 14.8 Å². The minimum absolute atomic E-state index is 0.209. The van der Waals surface area contributed by atoms with Crippen LogP contribution in [0.25, 0.3) is 0 Å². The second-order valence-corrected chi connectivity index (χ2v) is 4.95. The van der Waals surface area contributed by atoms with Gasteiger partial charge in [-0.25, -0.2) is 0 Å². The van der Waals surface area contributed by atoms with Crippen molar-refractivity contribution in [1.29, 1.82) is 0 Å². The number of rotatable bonds is 5. The van der Waals surface area contributed by atoms with Gasteiger partial charge in [0.2, 0.25) is 0 Å². The fourth-order valence-corrected chi connectivity index (χ4v) is 2.22. The standard InChI is InChI=1S/C16H16BrNO3/c1-20-14-7-12(8-15(9-14)21-2)16(19)18-13-5-3-4-11(6-13)10-17/h3-9H,10H2,1-2H3,(H,18,19). The van der Waals surface area contributed by atoms with Crippen molar-refractivity contribution < 1.29 is 14.3 Å². The molecule has 21 heavy (non-hydrogen) atoms. The lowest BCUT2D eigenvalue weighted by Gasteiger charge is -2.10. The highest BCUT2D eigenvalue weighted by atomic mass is 79.9. The van der Waals surface area contributed by atoms with E-state index in [0.717, 1.165) is 16.6 Å². The Hall–Kier alpha value is -2.01. The molecule has 0 aromatic heterocycles. The van der Waals surface area contributed by atoms with E-state index in [1.165, 1.54) is 0 Å². The molecule has 0 saturated carbocycles. The third-order valence-electron chi connectivity index (χ3n) is 2.95. The summed E-state index contributed by atoms with van der Waals surface area (Å²) in [5.41, 5.74) is 2.32. The summed E-state index contributed by atoms with van der Waals surface area (Å²) in [5, 5.41) is 3.60. The third-order valence-corrected chi connectivity index (χ3v) is 3.60. The molecular formula is C16H16BrNO3. The molecule has 0 heterocycles. The Labute approximate surface area is 132 Å². The van der Waals surface area contributed by atoms with Gasteiger partial charge in [-0.2, -0.15) is 0 Å². The van der Waals surface area contributed by atoms with Crippen LogP contribution in [0, 0.1) is 0 Å². The van der Waals surface area contributed by atoms with Gasteiger partial charge in [-0.05, 0) is 29.8 Å². The van der Waals surface area contributed by atoms with Gasteiger partial charge in [-0.1, -0.05) is 28.1 Å². The summed E-state index contributed by atoms with van der Waals surface area (Å²) in [6, 6.07) is 12.7. The molecule has 0 fully saturated rings. The Morgan fingerprint density at radius 1 is 1.10 bits per heavy atom. The molecule has 0 spiro atoms. The topological polar surface area (TPSA) is 47.6 Å². The lowest BCUT2D eigenvalue weighted by Crippen LogP contribution is -2.12. The van der Waals surface area contributed by atoms with Crippen molar-refractivity contribution in [2.45, 2.75) is 5.33 Å². The smallest absolute Gasteiger partial charge is 0.255 e. The normalized spacial score (nSPS) is 10.0. The number of carbonyl (C=O) groups excluding carboxylic acids is 1. The largest absolute Gasteiger partial charge is 0.497 e. The van der Waals surface area contributed by atoms with E-state index in [-0.39, 0.29) is 5.91 Å². The summed E-state index contributed by atoms with van der Waals surface area (Å²) in [5.74, 6) is 0.946. The van der Waals surface area contributed by atoms with Crippen LogP contribution in [-0.4, -0.2) is 20.1 Å². The summed E-state index contributed by atoms with van der Waals surface area (Å²) in [4.78, 5) is 12.3. The molecule has 0 radical (unpaired) electrons. The lowest BCUT2D eigenvalue weighted by molar-refractivity contribution is 0.102. The molecule has 2 rings (SSSR count). The first-order valence-corrected chi connectivity index (χ1v) is 7.47. The number of hydrogen-bond donors (Lipinski definition) is 1. The molecule has 2 aromatic rings. The molecule has 0 aliphatic heterocycles.